The Morgan fingerprint density at radius 3 is 2.15 bits per heavy atom. The topological polar surface area (TPSA) is 24.5 Å². The summed E-state index contributed by atoms with van der Waals surface area (Å²) in [5.74, 6) is 1.72. The third-order valence-electron chi connectivity index (χ3n) is 4.77. The van der Waals surface area contributed by atoms with Crippen LogP contribution in [0, 0.1) is 0 Å². The third-order valence-corrected chi connectivity index (χ3v) is 4.77. The molecule has 3 heteroatoms. The number of piperazine rings is 1. The first-order chi connectivity index (χ1) is 12.9. The fraction of sp³-hybridized carbons (Fsp3) is 0.217. The monoisotopic (exact) mass is 344 g/mol. The number of ether oxygens (including phenoxy) is 1. The molecule has 1 heterocycles. The molecule has 1 aliphatic heterocycles. The van der Waals surface area contributed by atoms with E-state index in [1.54, 1.807) is 0 Å². The van der Waals surface area contributed by atoms with Crippen molar-refractivity contribution < 1.29 is 4.74 Å². The summed E-state index contributed by atoms with van der Waals surface area (Å²) in [6.07, 6.45) is 0. The van der Waals surface area contributed by atoms with Crippen LogP contribution in [-0.4, -0.2) is 31.1 Å². The summed E-state index contributed by atoms with van der Waals surface area (Å²) in [4.78, 5) is 2.52. The van der Waals surface area contributed by atoms with E-state index in [1.165, 1.54) is 16.7 Å². The summed E-state index contributed by atoms with van der Waals surface area (Å²) in [5, 5.41) is 3.42. The molecule has 0 atom stereocenters. The molecule has 3 nitrogen and oxygen atoms in total. The first-order valence-electron chi connectivity index (χ1n) is 9.23. The molecule has 3 aromatic rings. The van der Waals surface area contributed by atoms with E-state index in [4.69, 9.17) is 4.74 Å². The van der Waals surface area contributed by atoms with Crippen molar-refractivity contribution in [1.29, 1.82) is 0 Å². The predicted octanol–water partition coefficient (Wildman–Crippen LogP) is 4.55. The molecule has 0 saturated carbocycles. The van der Waals surface area contributed by atoms with Gasteiger partial charge in [-0.15, -0.1) is 0 Å². The van der Waals surface area contributed by atoms with Crippen molar-refractivity contribution in [2.45, 2.75) is 6.54 Å². The van der Waals surface area contributed by atoms with Gasteiger partial charge in [-0.25, -0.2) is 0 Å². The Balaban J connectivity index is 1.52. The van der Waals surface area contributed by atoms with Crippen molar-refractivity contribution in [3.05, 3.63) is 84.4 Å². The standard InChI is InChI=1S/C23H24N2O/c1-2-7-21(8-3-1)26-22-12-10-19(11-13-22)23-9-5-4-6-20(23)18-25-16-14-24-15-17-25/h1-13,24H,14-18H2. The average Bonchev–Trinajstić information content (AvgIpc) is 2.71. The van der Waals surface area contributed by atoms with Crippen LogP contribution in [0.3, 0.4) is 0 Å². The van der Waals surface area contributed by atoms with Crippen LogP contribution in [0.4, 0.5) is 0 Å². The van der Waals surface area contributed by atoms with Crippen LogP contribution in [0.15, 0.2) is 78.9 Å². The number of nitrogens with zero attached hydrogens (tertiary/aromatic N) is 1. The van der Waals surface area contributed by atoms with E-state index in [0.29, 0.717) is 0 Å². The van der Waals surface area contributed by atoms with Gasteiger partial charge in [-0.05, 0) is 41.0 Å². The molecule has 132 valence electrons. The number of benzene rings is 3. The fourth-order valence-electron chi connectivity index (χ4n) is 3.38. The van der Waals surface area contributed by atoms with Crippen molar-refractivity contribution in [3.63, 3.8) is 0 Å². The Morgan fingerprint density at radius 2 is 1.38 bits per heavy atom. The van der Waals surface area contributed by atoms with Crippen molar-refractivity contribution in [2.24, 2.45) is 0 Å². The summed E-state index contributed by atoms with van der Waals surface area (Å²) < 4.78 is 5.91. The van der Waals surface area contributed by atoms with Crippen molar-refractivity contribution in [3.8, 4) is 22.6 Å². The van der Waals surface area contributed by atoms with Gasteiger partial charge in [0.05, 0.1) is 0 Å². The van der Waals surface area contributed by atoms with Crippen LogP contribution in [0.25, 0.3) is 11.1 Å². The van der Waals surface area contributed by atoms with Crippen LogP contribution in [0.1, 0.15) is 5.56 Å². The van der Waals surface area contributed by atoms with Crippen LogP contribution in [0.5, 0.6) is 11.5 Å². The number of para-hydroxylation sites is 1. The molecule has 1 fully saturated rings. The van der Waals surface area contributed by atoms with Gasteiger partial charge in [-0.3, -0.25) is 4.90 Å². The highest BCUT2D eigenvalue weighted by atomic mass is 16.5. The maximum Gasteiger partial charge on any atom is 0.127 e. The Kier molecular flexibility index (Phi) is 5.29. The van der Waals surface area contributed by atoms with E-state index in [1.807, 2.05) is 42.5 Å². The van der Waals surface area contributed by atoms with E-state index in [2.05, 4.69) is 46.6 Å². The zero-order valence-corrected chi connectivity index (χ0v) is 14.9. The van der Waals surface area contributed by atoms with Crippen LogP contribution >= 0.6 is 0 Å². The minimum Gasteiger partial charge on any atom is -0.457 e. The summed E-state index contributed by atoms with van der Waals surface area (Å²) in [7, 11) is 0. The molecule has 0 bridgehead atoms. The quantitative estimate of drug-likeness (QED) is 0.735. The zero-order chi connectivity index (χ0) is 17.6. The SMILES string of the molecule is c1ccc(Oc2ccc(-c3ccccc3CN3CCNCC3)cc2)cc1. The lowest BCUT2D eigenvalue weighted by Gasteiger charge is -2.28. The Labute approximate surface area is 155 Å². The van der Waals surface area contributed by atoms with Gasteiger partial charge >= 0.3 is 0 Å². The van der Waals surface area contributed by atoms with Crippen molar-refractivity contribution in [1.82, 2.24) is 10.2 Å². The van der Waals surface area contributed by atoms with Crippen LogP contribution < -0.4 is 10.1 Å². The van der Waals surface area contributed by atoms with Gasteiger partial charge in [0.1, 0.15) is 11.5 Å². The first kappa shape index (κ1) is 16.8. The van der Waals surface area contributed by atoms with E-state index in [-0.39, 0.29) is 0 Å². The minimum atomic E-state index is 0.861. The molecule has 4 rings (SSSR count). The van der Waals surface area contributed by atoms with Gasteiger partial charge in [0.15, 0.2) is 0 Å². The lowest BCUT2D eigenvalue weighted by atomic mass is 9.99. The normalized spacial score (nSPS) is 14.9. The van der Waals surface area contributed by atoms with E-state index >= 15 is 0 Å². The number of nitrogens with one attached hydrogen (secondary N) is 1. The van der Waals surface area contributed by atoms with Gasteiger partial charge in [-0.1, -0.05) is 54.6 Å². The predicted molar refractivity (Wildman–Crippen MR) is 107 cm³/mol. The summed E-state index contributed by atoms with van der Waals surface area (Å²) in [6, 6.07) is 27.0. The minimum absolute atomic E-state index is 0.861. The fourth-order valence-corrected chi connectivity index (χ4v) is 3.38. The molecule has 0 aliphatic carbocycles. The molecule has 0 radical (unpaired) electrons. The third kappa shape index (κ3) is 4.13. The van der Waals surface area contributed by atoms with Crippen LogP contribution in [-0.2, 0) is 6.54 Å². The van der Waals surface area contributed by atoms with Crippen molar-refractivity contribution >= 4 is 0 Å². The molecule has 1 N–H and O–H groups in total. The average molecular weight is 344 g/mol. The lowest BCUT2D eigenvalue weighted by Crippen LogP contribution is -2.42. The van der Waals surface area contributed by atoms with Crippen molar-refractivity contribution in [2.75, 3.05) is 26.2 Å². The molecule has 0 amide bonds. The first-order valence-corrected chi connectivity index (χ1v) is 9.23. The second-order valence-corrected chi connectivity index (χ2v) is 6.62. The van der Waals surface area contributed by atoms with Gasteiger partial charge in [-0.2, -0.15) is 0 Å². The Hall–Kier alpha value is -2.62. The van der Waals surface area contributed by atoms with Crippen LogP contribution in [0.2, 0.25) is 0 Å². The van der Waals surface area contributed by atoms with E-state index in [9.17, 15) is 0 Å². The largest absolute Gasteiger partial charge is 0.457 e. The summed E-state index contributed by atoms with van der Waals surface area (Å²) >= 11 is 0. The Bertz CT molecular complexity index is 824. The highest BCUT2D eigenvalue weighted by molar-refractivity contribution is 5.68. The lowest BCUT2D eigenvalue weighted by molar-refractivity contribution is 0.233. The van der Waals surface area contributed by atoms with E-state index < -0.39 is 0 Å². The van der Waals surface area contributed by atoms with Gasteiger partial charge in [0.25, 0.3) is 0 Å². The highest BCUT2D eigenvalue weighted by Gasteiger charge is 2.12. The highest BCUT2D eigenvalue weighted by Crippen LogP contribution is 2.28. The molecule has 0 unspecified atom stereocenters. The molecule has 1 aliphatic rings. The molecular weight excluding hydrogens is 320 g/mol. The molecule has 0 aromatic heterocycles. The smallest absolute Gasteiger partial charge is 0.127 e. The molecule has 26 heavy (non-hydrogen) atoms. The Morgan fingerprint density at radius 1 is 0.731 bits per heavy atom. The molecule has 3 aromatic carbocycles. The molecule has 0 spiro atoms. The summed E-state index contributed by atoms with van der Waals surface area (Å²) in [6.45, 7) is 5.37. The van der Waals surface area contributed by atoms with Gasteiger partial charge in [0.2, 0.25) is 0 Å². The van der Waals surface area contributed by atoms with Gasteiger partial charge in [0, 0.05) is 32.7 Å². The second-order valence-electron chi connectivity index (χ2n) is 6.62. The molecular formula is C23H24N2O. The zero-order valence-electron chi connectivity index (χ0n) is 14.9. The molecule has 1 saturated heterocycles. The second kappa shape index (κ2) is 8.17. The number of rotatable bonds is 5. The summed E-state index contributed by atoms with van der Waals surface area (Å²) in [5.41, 5.74) is 3.92. The number of hydrogen-bond acceptors (Lipinski definition) is 3. The maximum atomic E-state index is 5.91. The number of hydrogen-bond donors (Lipinski definition) is 1. The maximum absolute atomic E-state index is 5.91. The van der Waals surface area contributed by atoms with E-state index in [0.717, 1.165) is 44.2 Å². The van der Waals surface area contributed by atoms with Gasteiger partial charge < -0.3 is 10.1 Å².